The average molecular weight is 355 g/mol. The summed E-state index contributed by atoms with van der Waals surface area (Å²) in [4.78, 5) is 25.8. The van der Waals surface area contributed by atoms with Gasteiger partial charge in [-0.2, -0.15) is 0 Å². The van der Waals surface area contributed by atoms with E-state index in [4.69, 9.17) is 0 Å². The maximum absolute atomic E-state index is 12.7. The minimum absolute atomic E-state index is 0.166. The molecule has 0 aromatic carbocycles. The lowest BCUT2D eigenvalue weighted by atomic mass is 9.96. The molecule has 0 spiro atoms. The van der Waals surface area contributed by atoms with Gasteiger partial charge in [0.25, 0.3) is 0 Å². The lowest BCUT2D eigenvalue weighted by Gasteiger charge is -2.32. The molecule has 6 heteroatoms. The van der Waals surface area contributed by atoms with Crippen LogP contribution in [0.15, 0.2) is 36.8 Å². The first kappa shape index (κ1) is 18.6. The fourth-order valence-corrected chi connectivity index (χ4v) is 3.61. The SMILES string of the molecule is CN(C)CCCn1ccnc1[C@H]1CCCN(C(=O)Cc2ccccn2)C1. The van der Waals surface area contributed by atoms with Crippen molar-refractivity contribution in [2.24, 2.45) is 0 Å². The summed E-state index contributed by atoms with van der Waals surface area (Å²) >= 11 is 0. The zero-order valence-corrected chi connectivity index (χ0v) is 15.8. The quantitative estimate of drug-likeness (QED) is 0.764. The van der Waals surface area contributed by atoms with Gasteiger partial charge in [-0.25, -0.2) is 4.98 Å². The van der Waals surface area contributed by atoms with Gasteiger partial charge in [0.05, 0.1) is 6.42 Å². The van der Waals surface area contributed by atoms with Crippen LogP contribution in [-0.2, 0) is 17.8 Å². The molecule has 1 aliphatic rings. The molecule has 3 heterocycles. The maximum Gasteiger partial charge on any atom is 0.228 e. The van der Waals surface area contributed by atoms with Crippen molar-refractivity contribution < 1.29 is 4.79 Å². The van der Waals surface area contributed by atoms with Crippen LogP contribution in [0.25, 0.3) is 0 Å². The van der Waals surface area contributed by atoms with Crippen molar-refractivity contribution in [3.8, 4) is 0 Å². The molecule has 0 aliphatic carbocycles. The number of amides is 1. The van der Waals surface area contributed by atoms with Gasteiger partial charge in [-0.15, -0.1) is 0 Å². The van der Waals surface area contributed by atoms with Crippen LogP contribution in [-0.4, -0.2) is 64.0 Å². The van der Waals surface area contributed by atoms with Crippen LogP contribution in [0.5, 0.6) is 0 Å². The normalized spacial score (nSPS) is 17.7. The first-order valence-corrected chi connectivity index (χ1v) is 9.47. The summed E-state index contributed by atoms with van der Waals surface area (Å²) in [7, 11) is 4.20. The van der Waals surface area contributed by atoms with Crippen molar-refractivity contribution in [3.63, 3.8) is 0 Å². The largest absolute Gasteiger partial charge is 0.342 e. The summed E-state index contributed by atoms with van der Waals surface area (Å²) in [5.74, 6) is 1.61. The number of likely N-dealkylation sites (tertiary alicyclic amines) is 1. The number of pyridine rings is 1. The second-order valence-corrected chi connectivity index (χ2v) is 7.31. The number of carbonyl (C=O) groups is 1. The third-order valence-electron chi connectivity index (χ3n) is 4.95. The Morgan fingerprint density at radius 3 is 2.92 bits per heavy atom. The molecule has 6 nitrogen and oxygen atoms in total. The third kappa shape index (κ3) is 4.91. The van der Waals surface area contributed by atoms with E-state index in [0.29, 0.717) is 12.3 Å². The Balaban J connectivity index is 1.60. The molecule has 0 N–H and O–H groups in total. The van der Waals surface area contributed by atoms with Crippen molar-refractivity contribution in [3.05, 3.63) is 48.3 Å². The fraction of sp³-hybridized carbons (Fsp3) is 0.550. The number of piperidine rings is 1. The first-order valence-electron chi connectivity index (χ1n) is 9.47. The standard InChI is InChI=1S/C20H29N5O/c1-23(2)11-6-13-24-14-10-22-20(24)17-7-5-12-25(16-17)19(26)15-18-8-3-4-9-21-18/h3-4,8-10,14,17H,5-7,11-13,15-16H2,1-2H3/t17-/m0/s1. The molecule has 2 aromatic rings. The van der Waals surface area contributed by atoms with E-state index in [1.165, 1.54) is 0 Å². The molecule has 3 rings (SSSR count). The van der Waals surface area contributed by atoms with E-state index in [1.54, 1.807) is 6.20 Å². The van der Waals surface area contributed by atoms with E-state index >= 15 is 0 Å². The van der Waals surface area contributed by atoms with Gasteiger partial charge >= 0.3 is 0 Å². The first-order chi connectivity index (χ1) is 12.6. The van der Waals surface area contributed by atoms with Crippen molar-refractivity contribution in [1.82, 2.24) is 24.3 Å². The van der Waals surface area contributed by atoms with Crippen molar-refractivity contribution in [2.45, 2.75) is 38.1 Å². The predicted molar refractivity (Wildman–Crippen MR) is 102 cm³/mol. The number of aromatic nitrogens is 3. The summed E-state index contributed by atoms with van der Waals surface area (Å²) in [6, 6.07) is 5.72. The van der Waals surface area contributed by atoms with Gasteiger partial charge in [-0.3, -0.25) is 9.78 Å². The third-order valence-corrected chi connectivity index (χ3v) is 4.95. The maximum atomic E-state index is 12.7. The molecule has 2 aromatic heterocycles. The zero-order valence-electron chi connectivity index (χ0n) is 15.8. The second-order valence-electron chi connectivity index (χ2n) is 7.31. The highest BCUT2D eigenvalue weighted by molar-refractivity contribution is 5.78. The molecule has 0 radical (unpaired) electrons. The van der Waals surface area contributed by atoms with Crippen LogP contribution in [0.2, 0.25) is 0 Å². The number of hydrogen-bond donors (Lipinski definition) is 0. The van der Waals surface area contributed by atoms with Crippen LogP contribution < -0.4 is 0 Å². The molecule has 1 fully saturated rings. The Labute approximate surface area is 155 Å². The van der Waals surface area contributed by atoms with Gasteiger partial charge in [0.2, 0.25) is 5.91 Å². The molecule has 1 saturated heterocycles. The molecule has 140 valence electrons. The van der Waals surface area contributed by atoms with Crippen LogP contribution >= 0.6 is 0 Å². The lowest BCUT2D eigenvalue weighted by molar-refractivity contribution is -0.131. The summed E-state index contributed by atoms with van der Waals surface area (Å²) < 4.78 is 2.26. The highest BCUT2D eigenvalue weighted by Gasteiger charge is 2.27. The second kappa shape index (κ2) is 8.94. The highest BCUT2D eigenvalue weighted by Crippen LogP contribution is 2.26. The van der Waals surface area contributed by atoms with E-state index < -0.39 is 0 Å². The molecule has 26 heavy (non-hydrogen) atoms. The lowest BCUT2D eigenvalue weighted by Crippen LogP contribution is -2.40. The monoisotopic (exact) mass is 355 g/mol. The van der Waals surface area contributed by atoms with Crippen LogP contribution in [0.1, 0.15) is 36.7 Å². The Morgan fingerprint density at radius 2 is 2.15 bits per heavy atom. The van der Waals surface area contributed by atoms with E-state index in [-0.39, 0.29) is 5.91 Å². The molecule has 0 bridgehead atoms. The Bertz CT molecular complexity index is 697. The van der Waals surface area contributed by atoms with Crippen molar-refractivity contribution in [2.75, 3.05) is 33.7 Å². The summed E-state index contributed by atoms with van der Waals surface area (Å²) in [6.07, 6.45) is 9.31. The van der Waals surface area contributed by atoms with Gasteiger partial charge in [0, 0.05) is 49.8 Å². The smallest absolute Gasteiger partial charge is 0.228 e. The van der Waals surface area contributed by atoms with E-state index in [1.807, 2.05) is 29.3 Å². The average Bonchev–Trinajstić information content (AvgIpc) is 3.11. The molecular weight excluding hydrogens is 326 g/mol. The van der Waals surface area contributed by atoms with E-state index in [2.05, 4.69) is 39.7 Å². The van der Waals surface area contributed by atoms with Crippen LogP contribution in [0, 0.1) is 0 Å². The van der Waals surface area contributed by atoms with Gasteiger partial charge in [0.15, 0.2) is 0 Å². The predicted octanol–water partition coefficient (Wildman–Crippen LogP) is 2.18. The Morgan fingerprint density at radius 1 is 1.27 bits per heavy atom. The van der Waals surface area contributed by atoms with Gasteiger partial charge < -0.3 is 14.4 Å². The van der Waals surface area contributed by atoms with Crippen LogP contribution in [0.4, 0.5) is 0 Å². The molecule has 1 atom stereocenters. The fourth-order valence-electron chi connectivity index (χ4n) is 3.61. The number of hydrogen-bond acceptors (Lipinski definition) is 4. The van der Waals surface area contributed by atoms with Crippen molar-refractivity contribution in [1.29, 1.82) is 0 Å². The minimum atomic E-state index is 0.166. The van der Waals surface area contributed by atoms with E-state index in [9.17, 15) is 4.79 Å². The Kier molecular flexibility index (Phi) is 6.39. The summed E-state index contributed by atoms with van der Waals surface area (Å²) in [5.41, 5.74) is 0.838. The Hall–Kier alpha value is -2.21. The molecule has 1 amide bonds. The van der Waals surface area contributed by atoms with Gasteiger partial charge in [-0.05, 0) is 52.0 Å². The summed E-state index contributed by atoms with van der Waals surface area (Å²) in [5, 5.41) is 0. The molecule has 1 aliphatic heterocycles. The minimum Gasteiger partial charge on any atom is -0.342 e. The number of carbonyl (C=O) groups excluding carboxylic acids is 1. The highest BCUT2D eigenvalue weighted by atomic mass is 16.2. The van der Waals surface area contributed by atoms with E-state index in [0.717, 1.165) is 57.0 Å². The van der Waals surface area contributed by atoms with Gasteiger partial charge in [0.1, 0.15) is 5.82 Å². The number of aryl methyl sites for hydroxylation is 1. The number of nitrogens with zero attached hydrogens (tertiary/aromatic N) is 5. The number of rotatable bonds is 7. The molecule has 0 saturated carbocycles. The molecular formula is C20H29N5O. The van der Waals surface area contributed by atoms with Crippen LogP contribution in [0.3, 0.4) is 0 Å². The number of imidazole rings is 1. The zero-order chi connectivity index (χ0) is 18.4. The molecule has 0 unspecified atom stereocenters. The van der Waals surface area contributed by atoms with Crippen molar-refractivity contribution >= 4 is 5.91 Å². The summed E-state index contributed by atoms with van der Waals surface area (Å²) in [6.45, 7) is 3.64. The van der Waals surface area contributed by atoms with Gasteiger partial charge in [-0.1, -0.05) is 6.07 Å². The topological polar surface area (TPSA) is 54.3 Å².